The second-order valence-corrected chi connectivity index (χ2v) is 16.5. The summed E-state index contributed by atoms with van der Waals surface area (Å²) in [7, 11) is 0. The molecule has 0 fully saturated rings. The van der Waals surface area contributed by atoms with Crippen molar-refractivity contribution in [3.05, 3.63) is 12.2 Å². The van der Waals surface area contributed by atoms with Gasteiger partial charge in [-0.2, -0.15) is 0 Å². The van der Waals surface area contributed by atoms with Crippen LogP contribution in [0.2, 0.25) is 0 Å². The van der Waals surface area contributed by atoms with E-state index in [9.17, 15) is 14.7 Å². The van der Waals surface area contributed by atoms with Gasteiger partial charge in [-0.1, -0.05) is 231 Å². The largest absolute Gasteiger partial charge is 0.462 e. The Morgan fingerprint density at radius 2 is 0.685 bits per heavy atom. The Bertz CT molecular complexity index is 780. The lowest BCUT2D eigenvalue weighted by Gasteiger charge is -2.15. The van der Waals surface area contributed by atoms with E-state index in [2.05, 4.69) is 26.0 Å². The van der Waals surface area contributed by atoms with Crippen LogP contribution in [0.25, 0.3) is 0 Å². The molecule has 0 heterocycles. The molecule has 0 amide bonds. The molecule has 0 aromatic heterocycles. The number of carbonyl (C=O) groups excluding carboxylic acids is 2. The van der Waals surface area contributed by atoms with Crippen molar-refractivity contribution in [1.82, 2.24) is 0 Å². The van der Waals surface area contributed by atoms with Crippen LogP contribution in [0.4, 0.5) is 0 Å². The zero-order valence-electron chi connectivity index (χ0n) is 36.5. The van der Waals surface area contributed by atoms with Gasteiger partial charge in [0, 0.05) is 12.8 Å². The summed E-state index contributed by atoms with van der Waals surface area (Å²) in [5.74, 6) is -0.579. The predicted molar refractivity (Wildman–Crippen MR) is 233 cm³/mol. The van der Waals surface area contributed by atoms with Crippen molar-refractivity contribution in [3.8, 4) is 0 Å². The van der Waals surface area contributed by atoms with Crippen molar-refractivity contribution in [3.63, 3.8) is 0 Å². The topological polar surface area (TPSA) is 72.8 Å². The van der Waals surface area contributed by atoms with Gasteiger partial charge in [-0.3, -0.25) is 9.59 Å². The van der Waals surface area contributed by atoms with Crippen molar-refractivity contribution in [2.24, 2.45) is 0 Å². The number of aliphatic hydroxyl groups is 1. The molecule has 0 aromatic rings. The van der Waals surface area contributed by atoms with Gasteiger partial charge < -0.3 is 14.6 Å². The lowest BCUT2D eigenvalue weighted by Crippen LogP contribution is -2.28. The number of allylic oxidation sites excluding steroid dienone is 2. The van der Waals surface area contributed by atoms with Crippen LogP contribution in [0.15, 0.2) is 12.2 Å². The number of hydrogen-bond acceptors (Lipinski definition) is 5. The molecule has 0 aliphatic heterocycles. The first-order valence-corrected chi connectivity index (χ1v) is 24.2. The molecule has 0 saturated heterocycles. The third kappa shape index (κ3) is 43.4. The van der Waals surface area contributed by atoms with Crippen LogP contribution in [0.3, 0.4) is 0 Å². The fraction of sp³-hybridized carbons (Fsp3) is 0.918. The maximum absolute atomic E-state index is 12.2. The Morgan fingerprint density at radius 1 is 0.407 bits per heavy atom. The Labute approximate surface area is 337 Å². The van der Waals surface area contributed by atoms with Crippen LogP contribution >= 0.6 is 0 Å². The third-order valence-electron chi connectivity index (χ3n) is 11.1. The van der Waals surface area contributed by atoms with Gasteiger partial charge in [0.1, 0.15) is 6.61 Å². The molecule has 1 atom stereocenters. The number of hydrogen-bond donors (Lipinski definition) is 1. The molecule has 0 aliphatic carbocycles. The molecule has 1 unspecified atom stereocenters. The summed E-state index contributed by atoms with van der Waals surface area (Å²) >= 11 is 0. The molecule has 5 heteroatoms. The first-order valence-electron chi connectivity index (χ1n) is 24.2. The summed E-state index contributed by atoms with van der Waals surface area (Å²) in [6.45, 7) is 4.14. The van der Waals surface area contributed by atoms with E-state index < -0.39 is 6.10 Å². The van der Waals surface area contributed by atoms with Crippen LogP contribution in [-0.2, 0) is 19.1 Å². The van der Waals surface area contributed by atoms with Crippen LogP contribution in [0, 0.1) is 0 Å². The van der Waals surface area contributed by atoms with E-state index in [-0.39, 0.29) is 25.2 Å². The van der Waals surface area contributed by atoms with Crippen molar-refractivity contribution in [2.75, 3.05) is 13.2 Å². The summed E-state index contributed by atoms with van der Waals surface area (Å²) in [4.78, 5) is 24.2. The van der Waals surface area contributed by atoms with Crippen molar-refractivity contribution >= 4 is 11.9 Å². The average molecular weight is 763 g/mol. The molecule has 0 spiro atoms. The normalized spacial score (nSPS) is 12.1. The number of esters is 2. The molecular weight excluding hydrogens is 669 g/mol. The maximum Gasteiger partial charge on any atom is 0.306 e. The number of carbonyl (C=O) groups is 2. The first kappa shape index (κ1) is 52.6. The smallest absolute Gasteiger partial charge is 0.306 e. The Morgan fingerprint density at radius 3 is 1.00 bits per heavy atom. The Hall–Kier alpha value is -1.36. The van der Waals surface area contributed by atoms with Gasteiger partial charge in [-0.05, 0) is 38.5 Å². The summed E-state index contributed by atoms with van der Waals surface area (Å²) in [6.07, 6.45) is 54.7. The highest BCUT2D eigenvalue weighted by Crippen LogP contribution is 2.16. The number of ether oxygens (including phenoxy) is 2. The predicted octanol–water partition coefficient (Wildman–Crippen LogP) is 15.6. The summed E-state index contributed by atoms with van der Waals surface area (Å²) < 4.78 is 10.6. The van der Waals surface area contributed by atoms with Gasteiger partial charge >= 0.3 is 11.9 Å². The number of aliphatic hydroxyl groups excluding tert-OH is 1. The fourth-order valence-electron chi connectivity index (χ4n) is 7.38. The molecule has 0 aromatic carbocycles. The monoisotopic (exact) mass is 763 g/mol. The molecule has 0 aliphatic rings. The molecule has 0 bridgehead atoms. The minimum atomic E-state index is -0.763. The van der Waals surface area contributed by atoms with Crippen LogP contribution in [0.5, 0.6) is 0 Å². The summed E-state index contributed by atoms with van der Waals surface area (Å²) in [5, 5.41) is 9.56. The average Bonchev–Trinajstić information content (AvgIpc) is 3.17. The zero-order chi connectivity index (χ0) is 39.3. The Balaban J connectivity index is 3.37. The molecule has 0 rings (SSSR count). The van der Waals surface area contributed by atoms with Crippen LogP contribution < -0.4 is 0 Å². The van der Waals surface area contributed by atoms with E-state index in [0.29, 0.717) is 12.8 Å². The lowest BCUT2D eigenvalue weighted by molar-refractivity contribution is -0.161. The first-order chi connectivity index (χ1) is 26.6. The highest BCUT2D eigenvalue weighted by atomic mass is 16.6. The molecule has 0 saturated carbocycles. The molecule has 320 valence electrons. The van der Waals surface area contributed by atoms with Crippen LogP contribution in [0.1, 0.15) is 271 Å². The van der Waals surface area contributed by atoms with Gasteiger partial charge in [-0.15, -0.1) is 0 Å². The highest BCUT2D eigenvalue weighted by Gasteiger charge is 2.16. The third-order valence-corrected chi connectivity index (χ3v) is 11.1. The maximum atomic E-state index is 12.2. The minimum Gasteiger partial charge on any atom is -0.462 e. The molecule has 5 nitrogen and oxygen atoms in total. The van der Waals surface area contributed by atoms with Crippen molar-refractivity contribution in [1.29, 1.82) is 0 Å². The van der Waals surface area contributed by atoms with Crippen molar-refractivity contribution in [2.45, 2.75) is 277 Å². The standard InChI is InChI=1S/C49H94O5/c1-3-5-7-9-11-13-14-15-16-17-18-19-20-21-22-23-24-25-26-27-28-29-30-31-32-33-34-36-38-40-42-44-49(52)54-47(45-50)46-53-48(51)43-41-39-37-35-12-10-8-6-4-2/h17-18,47,50H,3-16,19-46H2,1-2H3/b18-17-. The van der Waals surface area contributed by atoms with Gasteiger partial charge in [0.05, 0.1) is 6.61 Å². The van der Waals surface area contributed by atoms with E-state index in [0.717, 1.165) is 38.5 Å². The zero-order valence-corrected chi connectivity index (χ0v) is 36.5. The fourth-order valence-corrected chi connectivity index (χ4v) is 7.38. The number of rotatable bonds is 45. The van der Waals surface area contributed by atoms with Crippen molar-refractivity contribution < 1.29 is 24.2 Å². The van der Waals surface area contributed by atoms with Gasteiger partial charge in [0.15, 0.2) is 6.10 Å². The molecule has 1 N–H and O–H groups in total. The SMILES string of the molecule is CCCCCCCCCC/C=C\CCCCCCCCCCCCCCCCCCCCCC(=O)OC(CO)COC(=O)CCCCCCCCCCC. The van der Waals surface area contributed by atoms with Gasteiger partial charge in [0.25, 0.3) is 0 Å². The van der Waals surface area contributed by atoms with E-state index >= 15 is 0 Å². The van der Waals surface area contributed by atoms with Crippen LogP contribution in [-0.4, -0.2) is 36.4 Å². The van der Waals surface area contributed by atoms with Gasteiger partial charge in [0.2, 0.25) is 0 Å². The van der Waals surface area contributed by atoms with E-state index in [1.807, 2.05) is 0 Å². The molecule has 54 heavy (non-hydrogen) atoms. The second kappa shape index (κ2) is 46.0. The van der Waals surface area contributed by atoms with E-state index in [4.69, 9.17) is 9.47 Å². The highest BCUT2D eigenvalue weighted by molar-refractivity contribution is 5.70. The van der Waals surface area contributed by atoms with E-state index in [1.165, 1.54) is 205 Å². The Kier molecular flexibility index (Phi) is 44.9. The quantitative estimate of drug-likeness (QED) is 0.0380. The minimum absolute atomic E-state index is 0.0588. The number of unbranched alkanes of at least 4 members (excludes halogenated alkanes) is 35. The second-order valence-electron chi connectivity index (χ2n) is 16.5. The van der Waals surface area contributed by atoms with E-state index in [1.54, 1.807) is 0 Å². The summed E-state index contributed by atoms with van der Waals surface area (Å²) in [5.41, 5.74) is 0. The summed E-state index contributed by atoms with van der Waals surface area (Å²) in [6, 6.07) is 0. The molecule has 0 radical (unpaired) electrons. The lowest BCUT2D eigenvalue weighted by atomic mass is 10.0. The van der Waals surface area contributed by atoms with Gasteiger partial charge in [-0.25, -0.2) is 0 Å². The molecular formula is C49H94O5.